The number of benzene rings is 1. The third-order valence-corrected chi connectivity index (χ3v) is 7.24. The molecule has 4 heterocycles. The van der Waals surface area contributed by atoms with E-state index < -0.39 is 12.2 Å². The Morgan fingerprint density at radius 2 is 1.77 bits per heavy atom. The molecule has 1 aliphatic heterocycles. The lowest BCUT2D eigenvalue weighted by molar-refractivity contribution is -0.168. The van der Waals surface area contributed by atoms with Crippen LogP contribution in [0.2, 0.25) is 0 Å². The molecule has 39 heavy (non-hydrogen) atoms. The van der Waals surface area contributed by atoms with Gasteiger partial charge in [-0.2, -0.15) is 8.78 Å². The topological polar surface area (TPSA) is 91.1 Å². The van der Waals surface area contributed by atoms with E-state index in [-0.39, 0.29) is 11.7 Å². The molecule has 0 aliphatic carbocycles. The number of halogens is 2. The van der Waals surface area contributed by atoms with E-state index >= 15 is 0 Å². The molecule has 0 saturated carbocycles. The van der Waals surface area contributed by atoms with Gasteiger partial charge in [-0.25, -0.2) is 19.7 Å². The number of carbonyl (C=O) groups excluding carboxylic acids is 1. The fraction of sp³-hybridized carbons (Fsp3) is 0.357. The smallest absolute Gasteiger partial charge is 0.387 e. The Bertz CT molecular complexity index is 1470. The van der Waals surface area contributed by atoms with Crippen LogP contribution in [-0.4, -0.2) is 64.8 Å². The monoisotopic (exact) mass is 537 g/mol. The van der Waals surface area contributed by atoms with Crippen molar-refractivity contribution in [2.24, 2.45) is 0 Å². The number of hydrogen-bond donors (Lipinski definition) is 0. The summed E-state index contributed by atoms with van der Waals surface area (Å²) >= 11 is 0. The second kappa shape index (κ2) is 10.9. The highest BCUT2D eigenvalue weighted by molar-refractivity contribution is 5.80. The van der Waals surface area contributed by atoms with E-state index in [1.54, 1.807) is 30.6 Å². The molecule has 9 nitrogen and oxygen atoms in total. The van der Waals surface area contributed by atoms with Crippen molar-refractivity contribution in [3.8, 4) is 16.9 Å². The second-order valence-electron chi connectivity index (χ2n) is 9.40. The average molecular weight is 538 g/mol. The van der Waals surface area contributed by atoms with Crippen LogP contribution in [0.3, 0.4) is 0 Å². The summed E-state index contributed by atoms with van der Waals surface area (Å²) in [5.41, 5.74) is 3.83. The standard InChI is InChI=1S/C28H29F2N5O4/c1-18-22(14-19-6-4-5-7-23(19)39-26(29)30)35-17-20(8-9-24(35)33-18)21-15-31-27(32-16-21)34-12-10-28(38-3,11-13-34)25(36)37-2/h4-9,15-17,26H,10-14H2,1-3H3. The van der Waals surface area contributed by atoms with Crippen molar-refractivity contribution < 1.29 is 27.8 Å². The van der Waals surface area contributed by atoms with Gasteiger partial charge in [0.2, 0.25) is 5.95 Å². The number of hydrogen-bond acceptors (Lipinski definition) is 8. The first-order chi connectivity index (χ1) is 18.8. The molecule has 0 radical (unpaired) electrons. The average Bonchev–Trinajstić information content (AvgIpc) is 3.27. The van der Waals surface area contributed by atoms with Gasteiger partial charge >= 0.3 is 12.6 Å². The van der Waals surface area contributed by atoms with Crippen molar-refractivity contribution in [2.45, 2.75) is 38.4 Å². The predicted octanol–water partition coefficient (Wildman–Crippen LogP) is 4.45. The molecule has 1 aromatic carbocycles. The van der Waals surface area contributed by atoms with Gasteiger partial charge in [0.1, 0.15) is 11.4 Å². The number of carbonyl (C=O) groups is 1. The maximum atomic E-state index is 12.9. The number of pyridine rings is 1. The largest absolute Gasteiger partial charge is 0.467 e. The third kappa shape index (κ3) is 5.26. The van der Waals surface area contributed by atoms with Crippen LogP contribution in [0.5, 0.6) is 5.75 Å². The van der Waals surface area contributed by atoms with Crippen LogP contribution >= 0.6 is 0 Å². The van der Waals surface area contributed by atoms with Crippen LogP contribution < -0.4 is 9.64 Å². The van der Waals surface area contributed by atoms with Crippen molar-refractivity contribution >= 4 is 17.6 Å². The quantitative estimate of drug-likeness (QED) is 0.305. The van der Waals surface area contributed by atoms with Crippen LogP contribution in [0.1, 0.15) is 29.8 Å². The van der Waals surface area contributed by atoms with Gasteiger partial charge in [0.05, 0.1) is 12.8 Å². The molecule has 1 aliphatic rings. The van der Waals surface area contributed by atoms with Crippen molar-refractivity contribution in [3.05, 3.63) is 71.9 Å². The number of aromatic nitrogens is 4. The highest BCUT2D eigenvalue weighted by atomic mass is 19.3. The molecule has 11 heteroatoms. The van der Waals surface area contributed by atoms with Crippen molar-refractivity contribution in [2.75, 3.05) is 32.2 Å². The molecule has 0 unspecified atom stereocenters. The summed E-state index contributed by atoms with van der Waals surface area (Å²) in [6.07, 6.45) is 6.80. The van der Waals surface area contributed by atoms with Gasteiger partial charge in [-0.1, -0.05) is 18.2 Å². The normalized spacial score (nSPS) is 15.1. The van der Waals surface area contributed by atoms with Crippen LogP contribution in [0, 0.1) is 6.92 Å². The van der Waals surface area contributed by atoms with E-state index in [4.69, 9.17) is 14.2 Å². The van der Waals surface area contributed by atoms with Crippen LogP contribution in [-0.2, 0) is 20.7 Å². The minimum atomic E-state index is -2.90. The lowest BCUT2D eigenvalue weighted by atomic mass is 9.91. The highest BCUT2D eigenvalue weighted by Gasteiger charge is 2.43. The first-order valence-corrected chi connectivity index (χ1v) is 12.5. The third-order valence-electron chi connectivity index (χ3n) is 7.24. The zero-order valence-corrected chi connectivity index (χ0v) is 21.9. The van der Waals surface area contributed by atoms with Crippen LogP contribution in [0.15, 0.2) is 55.0 Å². The van der Waals surface area contributed by atoms with E-state index in [2.05, 4.69) is 15.0 Å². The van der Waals surface area contributed by atoms with Gasteiger partial charge in [0.25, 0.3) is 0 Å². The molecule has 1 saturated heterocycles. The van der Waals surface area contributed by atoms with E-state index in [1.165, 1.54) is 20.3 Å². The second-order valence-corrected chi connectivity index (χ2v) is 9.40. The van der Waals surface area contributed by atoms with Gasteiger partial charge < -0.3 is 23.5 Å². The summed E-state index contributed by atoms with van der Waals surface area (Å²) in [7, 11) is 2.89. The molecule has 0 spiro atoms. The highest BCUT2D eigenvalue weighted by Crippen LogP contribution is 2.30. The SMILES string of the molecule is COC(=O)C1(OC)CCN(c2ncc(-c3ccc4nc(C)c(Cc5ccccc5OC(F)F)n4c3)cn2)CC1. The number of fused-ring (bicyclic) bond motifs is 1. The van der Waals surface area contributed by atoms with Crippen molar-refractivity contribution in [1.82, 2.24) is 19.4 Å². The number of nitrogens with zero attached hydrogens (tertiary/aromatic N) is 5. The van der Waals surface area contributed by atoms with Crippen LogP contribution in [0.25, 0.3) is 16.8 Å². The number of ether oxygens (including phenoxy) is 3. The Hall–Kier alpha value is -4.12. The number of imidazole rings is 1. The van der Waals surface area contributed by atoms with E-state index in [9.17, 15) is 13.6 Å². The summed E-state index contributed by atoms with van der Waals surface area (Å²) < 4.78 is 43.0. The molecule has 3 aromatic heterocycles. The Morgan fingerprint density at radius 1 is 1.05 bits per heavy atom. The summed E-state index contributed by atoms with van der Waals surface area (Å²) in [6.45, 7) is 0.114. The van der Waals surface area contributed by atoms with Crippen LogP contribution in [0.4, 0.5) is 14.7 Å². The molecule has 0 bridgehead atoms. The zero-order valence-electron chi connectivity index (χ0n) is 21.9. The number of para-hydroxylation sites is 1. The van der Waals surface area contributed by atoms with Gasteiger partial charge in [-0.3, -0.25) is 0 Å². The van der Waals surface area contributed by atoms with E-state index in [1.807, 2.05) is 34.6 Å². The fourth-order valence-electron chi connectivity index (χ4n) is 5.02. The summed E-state index contributed by atoms with van der Waals surface area (Å²) in [6, 6.07) is 10.6. The van der Waals surface area contributed by atoms with Crippen molar-refractivity contribution in [1.29, 1.82) is 0 Å². The Balaban J connectivity index is 1.37. The number of esters is 1. The fourth-order valence-corrected chi connectivity index (χ4v) is 5.02. The number of piperidine rings is 1. The maximum Gasteiger partial charge on any atom is 0.387 e. The number of alkyl halides is 2. The molecule has 204 valence electrons. The molecule has 4 aromatic rings. The first kappa shape index (κ1) is 26.5. The summed E-state index contributed by atoms with van der Waals surface area (Å²) in [4.78, 5) is 28.0. The van der Waals surface area contributed by atoms with Gasteiger partial charge in [0, 0.05) is 80.4 Å². The molecule has 0 N–H and O–H groups in total. The van der Waals surface area contributed by atoms with E-state index in [0.29, 0.717) is 43.9 Å². The molecule has 0 atom stereocenters. The molecule has 5 rings (SSSR count). The number of rotatable bonds is 8. The summed E-state index contributed by atoms with van der Waals surface area (Å²) in [5, 5.41) is 0. The Kier molecular flexibility index (Phi) is 7.42. The first-order valence-electron chi connectivity index (χ1n) is 12.5. The summed E-state index contributed by atoms with van der Waals surface area (Å²) in [5.74, 6) is 0.355. The lowest BCUT2D eigenvalue weighted by Gasteiger charge is -2.38. The number of anilines is 1. The lowest BCUT2D eigenvalue weighted by Crippen LogP contribution is -2.51. The Labute approximate surface area is 224 Å². The van der Waals surface area contributed by atoms with Gasteiger partial charge in [-0.05, 0) is 25.1 Å². The minimum absolute atomic E-state index is 0.147. The van der Waals surface area contributed by atoms with Gasteiger partial charge in [0.15, 0.2) is 5.60 Å². The van der Waals surface area contributed by atoms with Gasteiger partial charge in [-0.15, -0.1) is 0 Å². The predicted molar refractivity (Wildman–Crippen MR) is 140 cm³/mol. The molecule has 1 fully saturated rings. The molecular formula is C28H29F2N5O4. The Morgan fingerprint density at radius 3 is 2.44 bits per heavy atom. The maximum absolute atomic E-state index is 12.9. The van der Waals surface area contributed by atoms with E-state index in [0.717, 1.165) is 28.2 Å². The van der Waals surface area contributed by atoms with Crippen molar-refractivity contribution in [3.63, 3.8) is 0 Å². The molecule has 0 amide bonds. The zero-order chi connectivity index (χ0) is 27.6. The minimum Gasteiger partial charge on any atom is -0.467 e. The number of aryl methyl sites for hydroxylation is 1. The molecular weight excluding hydrogens is 508 g/mol. The number of methoxy groups -OCH3 is 2.